The largest absolute Gasteiger partial charge is 0.490 e. The number of benzene rings is 2. The molecule has 1 unspecified atom stereocenters. The van der Waals surface area contributed by atoms with Gasteiger partial charge in [0.25, 0.3) is 5.91 Å². The Balaban J connectivity index is 1.95. The van der Waals surface area contributed by atoms with Crippen molar-refractivity contribution in [2.75, 3.05) is 21.1 Å². The number of nitrogens with zero attached hydrogens (tertiary/aromatic N) is 2. The lowest BCUT2D eigenvalue weighted by Crippen LogP contribution is -2.36. The van der Waals surface area contributed by atoms with Gasteiger partial charge in [-0.05, 0) is 55.5 Å². The molecule has 1 atom stereocenters. The summed E-state index contributed by atoms with van der Waals surface area (Å²) in [6.07, 6.45) is 1.18. The molecular formula is C26H38N4O2. The van der Waals surface area contributed by atoms with Crippen LogP contribution in [0, 0.1) is 12.8 Å². The van der Waals surface area contributed by atoms with Crippen LogP contribution in [0.15, 0.2) is 47.5 Å². The Bertz CT molecular complexity index is 905. The van der Waals surface area contributed by atoms with Gasteiger partial charge < -0.3 is 20.3 Å². The first-order chi connectivity index (χ1) is 15.2. The zero-order chi connectivity index (χ0) is 23.7. The molecule has 0 aromatic heterocycles. The van der Waals surface area contributed by atoms with Crippen LogP contribution in [0.5, 0.6) is 5.75 Å². The van der Waals surface area contributed by atoms with Crippen LogP contribution in [-0.2, 0) is 13.1 Å². The summed E-state index contributed by atoms with van der Waals surface area (Å²) < 4.78 is 6.25. The van der Waals surface area contributed by atoms with Gasteiger partial charge in [0.2, 0.25) is 0 Å². The first-order valence-corrected chi connectivity index (χ1v) is 11.2. The number of rotatable bonds is 9. The summed E-state index contributed by atoms with van der Waals surface area (Å²) in [6.45, 7) is 9.84. The quantitative estimate of drug-likeness (QED) is 0.451. The zero-order valence-corrected chi connectivity index (χ0v) is 20.5. The molecule has 0 aliphatic rings. The molecule has 0 radical (unpaired) electrons. The topological polar surface area (TPSA) is 66.0 Å². The molecule has 0 saturated carbocycles. The van der Waals surface area contributed by atoms with Crippen LogP contribution in [0.1, 0.15) is 54.2 Å². The number of carbonyl (C=O) groups excluding carboxylic acids is 1. The molecule has 0 aliphatic carbocycles. The molecule has 1 amide bonds. The third-order valence-corrected chi connectivity index (χ3v) is 5.09. The molecule has 0 heterocycles. The van der Waals surface area contributed by atoms with Gasteiger partial charge in [0.15, 0.2) is 5.96 Å². The Labute approximate surface area is 193 Å². The second kappa shape index (κ2) is 12.1. The van der Waals surface area contributed by atoms with Crippen molar-refractivity contribution in [3.05, 3.63) is 64.7 Å². The zero-order valence-electron chi connectivity index (χ0n) is 20.5. The number of nitrogens with one attached hydrogen (secondary N) is 2. The summed E-state index contributed by atoms with van der Waals surface area (Å²) in [5, 5.41) is 6.70. The van der Waals surface area contributed by atoms with Crippen molar-refractivity contribution in [2.45, 2.75) is 53.3 Å². The fourth-order valence-corrected chi connectivity index (χ4v) is 3.45. The molecule has 2 N–H and O–H groups in total. The number of hydrogen-bond donors (Lipinski definition) is 2. The third-order valence-electron chi connectivity index (χ3n) is 5.09. The standard InChI is InChI=1S/C26H38N4O2/c1-18(2)14-20(4)32-24-15-19(3)8-11-23(24)17-29-26(27-5)28-16-21-9-12-22(13-10-21)25(31)30(6)7/h8-13,15,18,20H,14,16-17H2,1-7H3,(H2,27,28,29). The van der Waals surface area contributed by atoms with Crippen molar-refractivity contribution in [1.82, 2.24) is 15.5 Å². The maximum Gasteiger partial charge on any atom is 0.253 e. The van der Waals surface area contributed by atoms with Crippen LogP contribution < -0.4 is 15.4 Å². The van der Waals surface area contributed by atoms with Gasteiger partial charge in [-0.25, -0.2) is 0 Å². The Kier molecular flexibility index (Phi) is 9.57. The van der Waals surface area contributed by atoms with E-state index in [1.165, 1.54) is 5.56 Å². The summed E-state index contributed by atoms with van der Waals surface area (Å²) in [5.74, 6) is 2.22. The summed E-state index contributed by atoms with van der Waals surface area (Å²) in [4.78, 5) is 17.9. The van der Waals surface area contributed by atoms with Crippen molar-refractivity contribution < 1.29 is 9.53 Å². The number of hydrogen-bond acceptors (Lipinski definition) is 3. The smallest absolute Gasteiger partial charge is 0.253 e. The van der Waals surface area contributed by atoms with Crippen molar-refractivity contribution in [3.63, 3.8) is 0 Å². The van der Waals surface area contributed by atoms with Crippen molar-refractivity contribution in [3.8, 4) is 5.75 Å². The molecule has 174 valence electrons. The minimum absolute atomic E-state index is 0.000758. The normalized spacial score (nSPS) is 12.4. The van der Waals surface area contributed by atoms with Gasteiger partial charge in [0, 0.05) is 45.4 Å². The second-order valence-corrected chi connectivity index (χ2v) is 8.85. The van der Waals surface area contributed by atoms with Crippen molar-refractivity contribution in [1.29, 1.82) is 0 Å². The first kappa shape index (κ1) is 25.2. The average molecular weight is 439 g/mol. The molecule has 6 heteroatoms. The maximum atomic E-state index is 12.0. The highest BCUT2D eigenvalue weighted by Crippen LogP contribution is 2.23. The highest BCUT2D eigenvalue weighted by molar-refractivity contribution is 5.93. The van der Waals surface area contributed by atoms with E-state index in [2.05, 4.69) is 61.5 Å². The van der Waals surface area contributed by atoms with Gasteiger partial charge >= 0.3 is 0 Å². The van der Waals surface area contributed by atoms with Crippen molar-refractivity contribution >= 4 is 11.9 Å². The van der Waals surface area contributed by atoms with Gasteiger partial charge in [-0.3, -0.25) is 9.79 Å². The van der Waals surface area contributed by atoms with E-state index in [9.17, 15) is 4.79 Å². The number of carbonyl (C=O) groups is 1. The van der Waals surface area contributed by atoms with E-state index >= 15 is 0 Å². The lowest BCUT2D eigenvalue weighted by Gasteiger charge is -2.20. The van der Waals surface area contributed by atoms with E-state index in [-0.39, 0.29) is 12.0 Å². The van der Waals surface area contributed by atoms with Crippen LogP contribution in [0.4, 0.5) is 0 Å². The van der Waals surface area contributed by atoms with E-state index in [1.807, 2.05) is 24.3 Å². The Morgan fingerprint density at radius 1 is 1.03 bits per heavy atom. The van der Waals surface area contributed by atoms with Gasteiger partial charge in [-0.2, -0.15) is 0 Å². The number of aryl methyl sites for hydroxylation is 1. The molecule has 0 fully saturated rings. The van der Waals surface area contributed by atoms with E-state index < -0.39 is 0 Å². The van der Waals surface area contributed by atoms with E-state index in [0.717, 1.165) is 23.3 Å². The highest BCUT2D eigenvalue weighted by atomic mass is 16.5. The summed E-state index contributed by atoms with van der Waals surface area (Å²) >= 11 is 0. The minimum atomic E-state index is 0.000758. The fourth-order valence-electron chi connectivity index (χ4n) is 3.45. The second-order valence-electron chi connectivity index (χ2n) is 8.85. The van der Waals surface area contributed by atoms with Crippen LogP contribution in [-0.4, -0.2) is 44.0 Å². The van der Waals surface area contributed by atoms with Gasteiger partial charge in [-0.1, -0.05) is 38.1 Å². The van der Waals surface area contributed by atoms with E-state index in [0.29, 0.717) is 30.5 Å². The Hall–Kier alpha value is -3.02. The van der Waals surface area contributed by atoms with Crippen LogP contribution in [0.3, 0.4) is 0 Å². The van der Waals surface area contributed by atoms with Crippen LogP contribution in [0.2, 0.25) is 0 Å². The Morgan fingerprint density at radius 3 is 2.28 bits per heavy atom. The predicted octanol–water partition coefficient (Wildman–Crippen LogP) is 4.38. The molecule has 0 spiro atoms. The Morgan fingerprint density at radius 2 is 1.69 bits per heavy atom. The van der Waals surface area contributed by atoms with Gasteiger partial charge in [0.05, 0.1) is 6.10 Å². The number of ether oxygens (including phenoxy) is 1. The monoisotopic (exact) mass is 438 g/mol. The van der Waals surface area contributed by atoms with Gasteiger partial charge in [0.1, 0.15) is 5.75 Å². The van der Waals surface area contributed by atoms with Gasteiger partial charge in [-0.15, -0.1) is 0 Å². The number of aliphatic imine (C=N–C) groups is 1. The summed E-state index contributed by atoms with van der Waals surface area (Å²) in [5.41, 5.74) is 4.03. The predicted molar refractivity (Wildman–Crippen MR) is 132 cm³/mol. The molecule has 2 aromatic carbocycles. The lowest BCUT2D eigenvalue weighted by atomic mass is 10.1. The molecule has 6 nitrogen and oxygen atoms in total. The minimum Gasteiger partial charge on any atom is -0.490 e. The summed E-state index contributed by atoms with van der Waals surface area (Å²) in [7, 11) is 5.26. The van der Waals surface area contributed by atoms with Crippen LogP contribution >= 0.6 is 0 Å². The molecular weight excluding hydrogens is 400 g/mol. The summed E-state index contributed by atoms with van der Waals surface area (Å²) in [6, 6.07) is 13.9. The molecule has 32 heavy (non-hydrogen) atoms. The molecule has 0 aliphatic heterocycles. The third kappa shape index (κ3) is 7.91. The first-order valence-electron chi connectivity index (χ1n) is 11.2. The SMILES string of the molecule is CN=C(NCc1ccc(C(=O)N(C)C)cc1)NCc1ccc(C)cc1OC(C)CC(C)C. The van der Waals surface area contributed by atoms with E-state index in [4.69, 9.17) is 4.74 Å². The molecule has 2 rings (SSSR count). The number of amides is 1. The lowest BCUT2D eigenvalue weighted by molar-refractivity contribution is 0.0827. The van der Waals surface area contributed by atoms with Crippen molar-refractivity contribution in [2.24, 2.45) is 10.9 Å². The highest BCUT2D eigenvalue weighted by Gasteiger charge is 2.12. The maximum absolute atomic E-state index is 12.0. The average Bonchev–Trinajstić information content (AvgIpc) is 2.74. The van der Waals surface area contributed by atoms with E-state index in [1.54, 1.807) is 26.0 Å². The van der Waals surface area contributed by atoms with Crippen LogP contribution in [0.25, 0.3) is 0 Å². The molecule has 0 bridgehead atoms. The fraction of sp³-hybridized carbons (Fsp3) is 0.462. The molecule has 0 saturated heterocycles. The number of guanidine groups is 1. The molecule has 2 aromatic rings.